The predicted molar refractivity (Wildman–Crippen MR) is 86.2 cm³/mol. The SMILES string of the molecule is CCC(C)C1(N)CCCCC1(C(C)CC)C(C)CC. The molecule has 114 valence electrons. The van der Waals surface area contributed by atoms with E-state index in [1.165, 1.54) is 44.9 Å². The molecule has 0 radical (unpaired) electrons. The summed E-state index contributed by atoms with van der Waals surface area (Å²) in [6.45, 7) is 14.3. The fraction of sp³-hybridized carbons (Fsp3) is 1.00. The zero-order chi connectivity index (χ0) is 14.7. The van der Waals surface area contributed by atoms with Crippen LogP contribution in [-0.4, -0.2) is 5.54 Å². The van der Waals surface area contributed by atoms with Crippen molar-refractivity contribution in [3.05, 3.63) is 0 Å². The smallest absolute Gasteiger partial charge is 0.0242 e. The summed E-state index contributed by atoms with van der Waals surface area (Å²) in [6.07, 6.45) is 9.03. The lowest BCUT2D eigenvalue weighted by Crippen LogP contribution is -2.66. The number of rotatable bonds is 6. The van der Waals surface area contributed by atoms with Gasteiger partial charge in [-0.2, -0.15) is 0 Å². The fourth-order valence-corrected chi connectivity index (χ4v) is 4.99. The average molecular weight is 268 g/mol. The van der Waals surface area contributed by atoms with Crippen LogP contribution in [0.1, 0.15) is 86.5 Å². The van der Waals surface area contributed by atoms with Crippen LogP contribution in [0, 0.1) is 23.2 Å². The Morgan fingerprint density at radius 1 is 0.789 bits per heavy atom. The molecule has 0 aliphatic heterocycles. The predicted octanol–water partition coefficient (Wildman–Crippen LogP) is 5.38. The summed E-state index contributed by atoms with van der Waals surface area (Å²) in [5.74, 6) is 2.11. The average Bonchev–Trinajstić information content (AvgIpc) is 2.45. The zero-order valence-electron chi connectivity index (χ0n) is 14.3. The van der Waals surface area contributed by atoms with E-state index in [0.29, 0.717) is 11.3 Å². The van der Waals surface area contributed by atoms with Crippen molar-refractivity contribution in [1.29, 1.82) is 0 Å². The molecule has 1 aliphatic carbocycles. The van der Waals surface area contributed by atoms with Crippen molar-refractivity contribution < 1.29 is 0 Å². The lowest BCUT2D eigenvalue weighted by atomic mass is 9.47. The van der Waals surface area contributed by atoms with E-state index < -0.39 is 0 Å². The molecule has 0 aromatic rings. The van der Waals surface area contributed by atoms with E-state index in [9.17, 15) is 0 Å². The van der Waals surface area contributed by atoms with Crippen LogP contribution in [0.2, 0.25) is 0 Å². The standard InChI is InChI=1S/C18H37N/c1-7-14(4)17(15(5)8-2)12-10-11-13-18(17,19)16(6)9-3/h14-16H,7-13,19H2,1-6H3. The van der Waals surface area contributed by atoms with Gasteiger partial charge in [-0.3, -0.25) is 0 Å². The fourth-order valence-electron chi connectivity index (χ4n) is 4.99. The molecule has 1 fully saturated rings. The van der Waals surface area contributed by atoms with Crippen LogP contribution in [0.4, 0.5) is 0 Å². The molecule has 4 atom stereocenters. The highest BCUT2D eigenvalue weighted by molar-refractivity contribution is 5.10. The van der Waals surface area contributed by atoms with Gasteiger partial charge in [0.15, 0.2) is 0 Å². The van der Waals surface area contributed by atoms with Crippen LogP contribution in [0.15, 0.2) is 0 Å². The molecule has 2 N–H and O–H groups in total. The summed E-state index contributed by atoms with van der Waals surface area (Å²) in [5, 5.41) is 0. The third-order valence-electron chi connectivity index (χ3n) is 6.77. The first-order chi connectivity index (χ1) is 8.90. The minimum absolute atomic E-state index is 0.0465. The van der Waals surface area contributed by atoms with Crippen molar-refractivity contribution >= 4 is 0 Å². The molecule has 4 unspecified atom stereocenters. The van der Waals surface area contributed by atoms with E-state index in [4.69, 9.17) is 5.73 Å². The monoisotopic (exact) mass is 267 g/mol. The highest BCUT2D eigenvalue weighted by atomic mass is 14.8. The van der Waals surface area contributed by atoms with Gasteiger partial charge in [0.25, 0.3) is 0 Å². The van der Waals surface area contributed by atoms with E-state index in [2.05, 4.69) is 41.5 Å². The van der Waals surface area contributed by atoms with Gasteiger partial charge >= 0.3 is 0 Å². The van der Waals surface area contributed by atoms with Gasteiger partial charge in [-0.05, 0) is 36.0 Å². The van der Waals surface area contributed by atoms with Gasteiger partial charge in [-0.1, -0.05) is 73.6 Å². The van der Waals surface area contributed by atoms with Crippen molar-refractivity contribution in [2.45, 2.75) is 92.0 Å². The van der Waals surface area contributed by atoms with Crippen molar-refractivity contribution in [3.8, 4) is 0 Å². The van der Waals surface area contributed by atoms with Crippen LogP contribution in [-0.2, 0) is 0 Å². The summed E-state index contributed by atoms with van der Waals surface area (Å²) < 4.78 is 0. The van der Waals surface area contributed by atoms with Crippen molar-refractivity contribution in [1.82, 2.24) is 0 Å². The highest BCUT2D eigenvalue weighted by Gasteiger charge is 2.56. The van der Waals surface area contributed by atoms with E-state index in [1.54, 1.807) is 0 Å². The zero-order valence-corrected chi connectivity index (χ0v) is 14.3. The Labute approximate surface area is 121 Å². The maximum Gasteiger partial charge on any atom is 0.0242 e. The van der Waals surface area contributed by atoms with Gasteiger partial charge in [0.1, 0.15) is 0 Å². The van der Waals surface area contributed by atoms with Gasteiger partial charge < -0.3 is 5.73 Å². The first-order valence-corrected chi connectivity index (χ1v) is 8.69. The van der Waals surface area contributed by atoms with Gasteiger partial charge in [-0.15, -0.1) is 0 Å². The molecular formula is C18H37N. The van der Waals surface area contributed by atoms with Crippen LogP contribution >= 0.6 is 0 Å². The minimum Gasteiger partial charge on any atom is -0.324 e. The van der Waals surface area contributed by atoms with Crippen molar-refractivity contribution in [3.63, 3.8) is 0 Å². The molecule has 1 saturated carbocycles. The highest BCUT2D eigenvalue weighted by Crippen LogP contribution is 2.57. The van der Waals surface area contributed by atoms with Crippen LogP contribution in [0.3, 0.4) is 0 Å². The summed E-state index contributed by atoms with van der Waals surface area (Å²) >= 11 is 0. The Bertz CT molecular complexity index is 263. The minimum atomic E-state index is 0.0465. The summed E-state index contributed by atoms with van der Waals surface area (Å²) in [6, 6.07) is 0. The van der Waals surface area contributed by atoms with Crippen LogP contribution in [0.5, 0.6) is 0 Å². The Balaban J connectivity index is 3.29. The lowest BCUT2D eigenvalue weighted by molar-refractivity contribution is -0.0731. The molecule has 0 bridgehead atoms. The first kappa shape index (κ1) is 17.0. The summed E-state index contributed by atoms with van der Waals surface area (Å²) in [5.41, 5.74) is 7.54. The second-order valence-electron chi connectivity index (χ2n) is 7.22. The largest absolute Gasteiger partial charge is 0.324 e. The molecular weight excluding hydrogens is 230 g/mol. The van der Waals surface area contributed by atoms with Crippen LogP contribution < -0.4 is 5.73 Å². The Hall–Kier alpha value is -0.0400. The molecule has 19 heavy (non-hydrogen) atoms. The first-order valence-electron chi connectivity index (χ1n) is 8.69. The molecule has 0 spiro atoms. The lowest BCUT2D eigenvalue weighted by Gasteiger charge is -2.61. The molecule has 1 heteroatoms. The molecule has 0 aromatic carbocycles. The molecule has 1 nitrogen and oxygen atoms in total. The Kier molecular flexibility index (Phi) is 5.92. The summed E-state index contributed by atoms with van der Waals surface area (Å²) in [7, 11) is 0. The van der Waals surface area contributed by atoms with E-state index >= 15 is 0 Å². The maximum atomic E-state index is 7.15. The van der Waals surface area contributed by atoms with E-state index in [0.717, 1.165) is 11.8 Å². The van der Waals surface area contributed by atoms with Crippen molar-refractivity contribution in [2.24, 2.45) is 28.9 Å². The third-order valence-corrected chi connectivity index (χ3v) is 6.77. The van der Waals surface area contributed by atoms with E-state index in [1.807, 2.05) is 0 Å². The Morgan fingerprint density at radius 2 is 1.21 bits per heavy atom. The maximum absolute atomic E-state index is 7.15. The molecule has 0 aromatic heterocycles. The van der Waals surface area contributed by atoms with Gasteiger partial charge in [0.05, 0.1) is 0 Å². The molecule has 0 saturated heterocycles. The van der Waals surface area contributed by atoms with Crippen LogP contribution in [0.25, 0.3) is 0 Å². The van der Waals surface area contributed by atoms with E-state index in [-0.39, 0.29) is 5.54 Å². The molecule has 0 heterocycles. The second kappa shape index (κ2) is 6.61. The van der Waals surface area contributed by atoms with Gasteiger partial charge in [-0.25, -0.2) is 0 Å². The molecule has 0 amide bonds. The Morgan fingerprint density at radius 3 is 1.63 bits per heavy atom. The van der Waals surface area contributed by atoms with Gasteiger partial charge in [0, 0.05) is 5.54 Å². The van der Waals surface area contributed by atoms with Gasteiger partial charge in [0.2, 0.25) is 0 Å². The molecule has 1 aliphatic rings. The van der Waals surface area contributed by atoms with Crippen molar-refractivity contribution in [2.75, 3.05) is 0 Å². The second-order valence-corrected chi connectivity index (χ2v) is 7.22. The topological polar surface area (TPSA) is 26.0 Å². The third kappa shape index (κ3) is 2.60. The quantitative estimate of drug-likeness (QED) is 0.686. The molecule has 1 rings (SSSR count). The number of nitrogens with two attached hydrogens (primary N) is 1. The summed E-state index contributed by atoms with van der Waals surface area (Å²) in [4.78, 5) is 0. The number of hydrogen-bond acceptors (Lipinski definition) is 1. The normalized spacial score (nSPS) is 36.8. The number of hydrogen-bond donors (Lipinski definition) is 1.